The molecule has 0 aliphatic carbocycles. The quantitative estimate of drug-likeness (QED) is 0.855. The van der Waals surface area contributed by atoms with Gasteiger partial charge in [0.25, 0.3) is 0 Å². The molecule has 1 aromatic carbocycles. The lowest BCUT2D eigenvalue weighted by atomic mass is 10.1. The number of carbonyl (C=O) groups is 1. The zero-order valence-electron chi connectivity index (χ0n) is 11.4. The first-order valence-corrected chi connectivity index (χ1v) is 6.20. The van der Waals surface area contributed by atoms with Crippen molar-refractivity contribution in [3.8, 4) is 11.8 Å². The van der Waals surface area contributed by atoms with E-state index in [1.54, 1.807) is 24.3 Å². The minimum absolute atomic E-state index is 0.0139. The van der Waals surface area contributed by atoms with Crippen LogP contribution in [-0.2, 0) is 0 Å². The number of nitrogens with zero attached hydrogens (tertiary/aromatic N) is 1. The summed E-state index contributed by atoms with van der Waals surface area (Å²) in [6.07, 6.45) is 0. The lowest BCUT2D eigenvalue weighted by Gasteiger charge is -2.18. The van der Waals surface area contributed by atoms with Crippen LogP contribution in [0.15, 0.2) is 24.3 Å². The summed E-state index contributed by atoms with van der Waals surface area (Å²) in [5.74, 6) is 0.923. The predicted molar refractivity (Wildman–Crippen MR) is 74.0 cm³/mol. The molecule has 0 aliphatic rings. The normalized spacial score (nSPS) is 11.5. The van der Waals surface area contributed by atoms with Crippen LogP contribution in [0.5, 0.6) is 5.75 Å². The Kier molecular flexibility index (Phi) is 5.68. The van der Waals surface area contributed by atoms with Crippen molar-refractivity contribution < 1.29 is 9.53 Å². The van der Waals surface area contributed by atoms with Crippen molar-refractivity contribution in [3.05, 3.63) is 24.3 Å². The number of rotatable bonds is 5. The highest BCUT2D eigenvalue weighted by molar-refractivity contribution is 5.89. The van der Waals surface area contributed by atoms with Crippen LogP contribution >= 0.6 is 0 Å². The van der Waals surface area contributed by atoms with Gasteiger partial charge in [0.05, 0.1) is 0 Å². The van der Waals surface area contributed by atoms with Gasteiger partial charge >= 0.3 is 6.03 Å². The third-order valence-corrected chi connectivity index (χ3v) is 2.75. The number of benzene rings is 1. The van der Waals surface area contributed by atoms with Crippen LogP contribution in [0.3, 0.4) is 0 Å². The molecule has 5 nitrogen and oxygen atoms in total. The van der Waals surface area contributed by atoms with Crippen LogP contribution in [0.1, 0.15) is 20.8 Å². The molecule has 0 saturated carbocycles. The number of hydrogen-bond acceptors (Lipinski definition) is 3. The Hall–Kier alpha value is -2.22. The summed E-state index contributed by atoms with van der Waals surface area (Å²) in [5, 5.41) is 14.0. The third-order valence-electron chi connectivity index (χ3n) is 2.75. The van der Waals surface area contributed by atoms with Crippen molar-refractivity contribution in [3.63, 3.8) is 0 Å². The average Bonchev–Trinajstić information content (AvgIpc) is 2.36. The molecular formula is C14H19N3O2. The lowest BCUT2D eigenvalue weighted by molar-refractivity contribution is 0.246. The Morgan fingerprint density at radius 3 is 2.79 bits per heavy atom. The average molecular weight is 261 g/mol. The predicted octanol–water partition coefficient (Wildman–Crippen LogP) is 2.75. The molecule has 102 valence electrons. The monoisotopic (exact) mass is 261 g/mol. The van der Waals surface area contributed by atoms with Gasteiger partial charge in [-0.15, -0.1) is 0 Å². The van der Waals surface area contributed by atoms with Gasteiger partial charge in [-0.25, -0.2) is 4.79 Å². The van der Waals surface area contributed by atoms with Crippen molar-refractivity contribution in [1.82, 2.24) is 5.32 Å². The fourth-order valence-corrected chi connectivity index (χ4v) is 1.32. The third kappa shape index (κ3) is 5.30. The molecule has 0 fully saturated rings. The molecule has 2 N–H and O–H groups in total. The van der Waals surface area contributed by atoms with E-state index in [4.69, 9.17) is 10.00 Å². The maximum Gasteiger partial charge on any atom is 0.319 e. The Morgan fingerprint density at radius 2 is 2.16 bits per heavy atom. The van der Waals surface area contributed by atoms with E-state index in [9.17, 15) is 4.79 Å². The topological polar surface area (TPSA) is 74.2 Å². The minimum Gasteiger partial charge on any atom is -0.479 e. The van der Waals surface area contributed by atoms with E-state index < -0.39 is 0 Å². The zero-order chi connectivity index (χ0) is 14.3. The first kappa shape index (κ1) is 14.8. The summed E-state index contributed by atoms with van der Waals surface area (Å²) in [5.41, 5.74) is 0.629. The van der Waals surface area contributed by atoms with Gasteiger partial charge in [-0.2, -0.15) is 5.26 Å². The molecule has 2 amide bonds. The van der Waals surface area contributed by atoms with E-state index in [1.807, 2.05) is 26.8 Å². The zero-order valence-corrected chi connectivity index (χ0v) is 11.4. The van der Waals surface area contributed by atoms with Gasteiger partial charge in [0.1, 0.15) is 11.8 Å². The number of urea groups is 1. The fraction of sp³-hybridized carbons (Fsp3) is 0.429. The minimum atomic E-state index is -0.251. The van der Waals surface area contributed by atoms with Crippen molar-refractivity contribution in [2.24, 2.45) is 5.92 Å². The summed E-state index contributed by atoms with van der Waals surface area (Å²) in [4.78, 5) is 11.7. The second kappa shape index (κ2) is 7.27. The van der Waals surface area contributed by atoms with E-state index in [0.29, 0.717) is 17.4 Å². The smallest absolute Gasteiger partial charge is 0.319 e. The molecule has 0 heterocycles. The maximum atomic E-state index is 11.7. The first-order chi connectivity index (χ1) is 9.02. The molecule has 0 spiro atoms. The number of amides is 2. The Balaban J connectivity index is 2.57. The molecule has 0 aromatic heterocycles. The maximum absolute atomic E-state index is 11.7. The number of anilines is 1. The molecule has 0 unspecified atom stereocenters. The van der Waals surface area contributed by atoms with E-state index >= 15 is 0 Å². The molecular weight excluding hydrogens is 242 g/mol. The second-order valence-electron chi connectivity index (χ2n) is 4.61. The van der Waals surface area contributed by atoms with Gasteiger partial charge in [-0.3, -0.25) is 0 Å². The first-order valence-electron chi connectivity index (χ1n) is 6.20. The standard InChI is InChI=1S/C14H19N3O2/c1-10(2)11(3)16-14(18)17-12-5-4-6-13(9-12)19-8-7-15/h4-6,9-11H,8H2,1-3H3,(H2,16,17,18)/t11-/m0/s1. The van der Waals surface area contributed by atoms with Crippen molar-refractivity contribution in [2.45, 2.75) is 26.8 Å². The highest BCUT2D eigenvalue weighted by Crippen LogP contribution is 2.17. The largest absolute Gasteiger partial charge is 0.479 e. The Morgan fingerprint density at radius 1 is 1.42 bits per heavy atom. The van der Waals surface area contributed by atoms with E-state index in [-0.39, 0.29) is 18.7 Å². The Labute approximate surface area is 113 Å². The molecule has 1 rings (SSSR count). The number of hydrogen-bond donors (Lipinski definition) is 2. The van der Waals surface area contributed by atoms with Gasteiger partial charge in [0.2, 0.25) is 0 Å². The molecule has 0 saturated heterocycles. The number of nitriles is 1. The van der Waals surface area contributed by atoms with Crippen LogP contribution in [0.2, 0.25) is 0 Å². The van der Waals surface area contributed by atoms with E-state index in [2.05, 4.69) is 10.6 Å². The van der Waals surface area contributed by atoms with Crippen LogP contribution in [0.4, 0.5) is 10.5 Å². The van der Waals surface area contributed by atoms with Crippen LogP contribution in [0.25, 0.3) is 0 Å². The van der Waals surface area contributed by atoms with Gasteiger partial charge in [0.15, 0.2) is 6.61 Å². The fourth-order valence-electron chi connectivity index (χ4n) is 1.32. The van der Waals surface area contributed by atoms with Crippen molar-refractivity contribution >= 4 is 11.7 Å². The number of nitrogens with one attached hydrogen (secondary N) is 2. The highest BCUT2D eigenvalue weighted by atomic mass is 16.5. The van der Waals surface area contributed by atoms with Gasteiger partial charge in [-0.05, 0) is 25.0 Å². The van der Waals surface area contributed by atoms with Gasteiger partial charge in [-0.1, -0.05) is 19.9 Å². The van der Waals surface area contributed by atoms with Gasteiger partial charge < -0.3 is 15.4 Å². The van der Waals surface area contributed by atoms with Crippen molar-refractivity contribution in [1.29, 1.82) is 5.26 Å². The summed E-state index contributed by atoms with van der Waals surface area (Å²) < 4.78 is 5.16. The van der Waals surface area contributed by atoms with Gasteiger partial charge in [0, 0.05) is 17.8 Å². The molecule has 0 bridgehead atoms. The molecule has 0 radical (unpaired) electrons. The highest BCUT2D eigenvalue weighted by Gasteiger charge is 2.10. The summed E-state index contributed by atoms with van der Waals surface area (Å²) in [6.45, 7) is 6.03. The van der Waals surface area contributed by atoms with Crippen LogP contribution in [0, 0.1) is 17.2 Å². The van der Waals surface area contributed by atoms with Crippen LogP contribution < -0.4 is 15.4 Å². The van der Waals surface area contributed by atoms with Crippen LogP contribution in [-0.4, -0.2) is 18.7 Å². The van der Waals surface area contributed by atoms with Crippen molar-refractivity contribution in [2.75, 3.05) is 11.9 Å². The molecule has 1 atom stereocenters. The molecule has 19 heavy (non-hydrogen) atoms. The lowest BCUT2D eigenvalue weighted by Crippen LogP contribution is -2.38. The summed E-state index contributed by atoms with van der Waals surface area (Å²) in [7, 11) is 0. The molecule has 5 heteroatoms. The number of ether oxygens (including phenoxy) is 1. The summed E-state index contributed by atoms with van der Waals surface area (Å²) in [6, 6.07) is 8.67. The molecule has 1 aromatic rings. The van der Waals surface area contributed by atoms with E-state index in [1.165, 1.54) is 0 Å². The SMILES string of the molecule is CC(C)[C@H](C)NC(=O)Nc1cccc(OCC#N)c1. The molecule has 0 aliphatic heterocycles. The van der Waals surface area contributed by atoms with E-state index in [0.717, 1.165) is 0 Å². The number of carbonyl (C=O) groups excluding carboxylic acids is 1. The Bertz CT molecular complexity index is 466. The second-order valence-corrected chi connectivity index (χ2v) is 4.61. The summed E-state index contributed by atoms with van der Waals surface area (Å²) >= 11 is 0.